The number of methoxy groups -OCH3 is 1. The van der Waals surface area contributed by atoms with Crippen LogP contribution in [0.4, 0.5) is 0 Å². The van der Waals surface area contributed by atoms with Crippen LogP contribution in [0.3, 0.4) is 0 Å². The minimum atomic E-state index is -0.985. The van der Waals surface area contributed by atoms with Gasteiger partial charge in [0, 0.05) is 36.8 Å². The van der Waals surface area contributed by atoms with Gasteiger partial charge < -0.3 is 14.8 Å². The Morgan fingerprint density at radius 2 is 2.03 bits per heavy atom. The van der Waals surface area contributed by atoms with Crippen molar-refractivity contribution in [2.45, 2.75) is 24.5 Å². The maximum absolute atomic E-state index is 12.3. The summed E-state index contributed by atoms with van der Waals surface area (Å²) in [7, 11) is 1.47. The minimum Gasteiger partial charge on any atom is -0.364 e. The summed E-state index contributed by atoms with van der Waals surface area (Å²) >= 11 is 0. The molecule has 3 atom stereocenters. The third kappa shape index (κ3) is 3.04. The molecule has 1 fully saturated rings. The van der Waals surface area contributed by atoms with E-state index in [2.05, 4.69) is 20.1 Å². The van der Waals surface area contributed by atoms with Gasteiger partial charge in [0.1, 0.15) is 0 Å². The monoisotopic (exact) mass is 405 g/mol. The van der Waals surface area contributed by atoms with E-state index in [9.17, 15) is 14.7 Å². The van der Waals surface area contributed by atoms with Gasteiger partial charge in [0.2, 0.25) is 0 Å². The summed E-state index contributed by atoms with van der Waals surface area (Å²) in [6, 6.07) is 9.53. The van der Waals surface area contributed by atoms with Crippen molar-refractivity contribution in [1.29, 1.82) is 0 Å². The number of fused-ring (bicyclic) bond motifs is 1. The fourth-order valence-electron chi connectivity index (χ4n) is 4.03. The smallest absolute Gasteiger partial charge is 0.325 e. The highest BCUT2D eigenvalue weighted by atomic mass is 16.6. The summed E-state index contributed by atoms with van der Waals surface area (Å²) in [5.41, 5.74) is 3.11. The molecular formula is C21H19N5O4. The van der Waals surface area contributed by atoms with Crippen molar-refractivity contribution in [3.8, 4) is 11.3 Å². The van der Waals surface area contributed by atoms with Crippen LogP contribution in [-0.2, 0) is 4.74 Å². The summed E-state index contributed by atoms with van der Waals surface area (Å²) < 4.78 is 6.75. The fraction of sp³-hybridized carbons (Fsp3) is 0.238. The van der Waals surface area contributed by atoms with Gasteiger partial charge in [-0.3, -0.25) is 9.78 Å². The Morgan fingerprint density at radius 3 is 2.83 bits per heavy atom. The molecule has 30 heavy (non-hydrogen) atoms. The Kier molecular flexibility index (Phi) is 4.34. The van der Waals surface area contributed by atoms with Gasteiger partial charge in [-0.15, -0.1) is 0 Å². The molecule has 1 unspecified atom stereocenters. The van der Waals surface area contributed by atoms with Gasteiger partial charge in [0.05, 0.1) is 11.3 Å². The third-order valence-electron chi connectivity index (χ3n) is 5.56. The van der Waals surface area contributed by atoms with Gasteiger partial charge in [-0.1, -0.05) is 24.3 Å². The lowest BCUT2D eigenvalue weighted by Gasteiger charge is -2.14. The maximum Gasteiger partial charge on any atom is 0.325 e. The molecule has 0 radical (unpaired) electrons. The number of aliphatic hydroxyl groups excluding tert-OH is 1. The average molecular weight is 405 g/mol. The molecule has 3 heterocycles. The molecule has 1 saturated carbocycles. The average Bonchev–Trinajstić information content (AvgIpc) is 3.40. The molecule has 0 bridgehead atoms. The molecule has 1 aliphatic carbocycles. The summed E-state index contributed by atoms with van der Waals surface area (Å²) in [4.78, 5) is 32.8. The number of aliphatic hydroxyl groups is 1. The van der Waals surface area contributed by atoms with Gasteiger partial charge in [-0.2, -0.15) is 5.10 Å². The van der Waals surface area contributed by atoms with Crippen molar-refractivity contribution >= 4 is 5.65 Å². The van der Waals surface area contributed by atoms with E-state index in [4.69, 9.17) is 4.74 Å². The molecular weight excluding hydrogens is 386 g/mol. The second kappa shape index (κ2) is 7.05. The van der Waals surface area contributed by atoms with Crippen LogP contribution in [0.5, 0.6) is 0 Å². The molecule has 9 heteroatoms. The lowest BCUT2D eigenvalue weighted by Crippen LogP contribution is -2.23. The first-order chi connectivity index (χ1) is 14.6. The van der Waals surface area contributed by atoms with Gasteiger partial charge in [0.25, 0.3) is 5.56 Å². The molecule has 9 nitrogen and oxygen atoms in total. The van der Waals surface area contributed by atoms with Gasteiger partial charge in [0.15, 0.2) is 11.9 Å². The van der Waals surface area contributed by atoms with E-state index in [-0.39, 0.29) is 17.4 Å². The first-order valence-electron chi connectivity index (χ1n) is 9.53. The van der Waals surface area contributed by atoms with Gasteiger partial charge in [-0.25, -0.2) is 14.3 Å². The summed E-state index contributed by atoms with van der Waals surface area (Å²) in [6.07, 6.45) is 4.64. The van der Waals surface area contributed by atoms with E-state index in [0.29, 0.717) is 5.69 Å². The van der Waals surface area contributed by atoms with E-state index in [1.807, 2.05) is 30.3 Å². The second-order valence-electron chi connectivity index (χ2n) is 7.33. The van der Waals surface area contributed by atoms with Crippen LogP contribution in [0, 0.1) is 0 Å². The van der Waals surface area contributed by atoms with Crippen LogP contribution in [0.1, 0.15) is 41.2 Å². The minimum absolute atomic E-state index is 0.156. The maximum atomic E-state index is 12.3. The molecule has 3 N–H and O–H groups in total. The van der Waals surface area contributed by atoms with E-state index in [1.165, 1.54) is 13.3 Å². The topological polar surface area (TPSA) is 125 Å². The zero-order chi connectivity index (χ0) is 20.8. The van der Waals surface area contributed by atoms with Crippen LogP contribution < -0.4 is 11.2 Å². The van der Waals surface area contributed by atoms with Crippen molar-refractivity contribution in [3.63, 3.8) is 0 Å². The standard InChI is InChI=1S/C21H19N5O4/c1-30-20(28)12-5-3-2-4-11(12)13-8-14(13)15-9-17(25-26-7-6-22-18(15)26)16-10-23-21(29)24-19(16)27/h2-7,9-10,13-14,20,28H,8H2,1H3,(H2,23,24,27,29)/t13-,14+,20?/m1/s1. The second-order valence-corrected chi connectivity index (χ2v) is 7.33. The number of aromatic amines is 2. The number of nitrogens with one attached hydrogen (secondary N) is 2. The van der Waals surface area contributed by atoms with Crippen LogP contribution in [-0.4, -0.2) is 36.8 Å². The summed E-state index contributed by atoms with van der Waals surface area (Å²) in [5, 5.41) is 14.7. The molecule has 152 valence electrons. The largest absolute Gasteiger partial charge is 0.364 e. The Bertz CT molecular complexity index is 1360. The molecule has 0 amide bonds. The highest BCUT2D eigenvalue weighted by Crippen LogP contribution is 2.56. The van der Waals surface area contributed by atoms with Crippen LogP contribution in [0.25, 0.3) is 16.9 Å². The number of rotatable bonds is 5. The zero-order valence-electron chi connectivity index (χ0n) is 16.1. The molecule has 3 aromatic heterocycles. The van der Waals surface area contributed by atoms with Crippen LogP contribution in [0.15, 0.2) is 58.5 Å². The normalized spacial score (nSPS) is 19.1. The number of nitrogens with zero attached hydrogens (tertiary/aromatic N) is 3. The lowest BCUT2D eigenvalue weighted by molar-refractivity contribution is -0.0774. The van der Waals surface area contributed by atoms with Crippen LogP contribution in [0.2, 0.25) is 0 Å². The lowest BCUT2D eigenvalue weighted by atomic mass is 9.99. The molecule has 0 spiro atoms. The number of aromatic nitrogens is 5. The predicted octanol–water partition coefficient (Wildman–Crippen LogP) is 1.68. The van der Waals surface area contributed by atoms with Crippen LogP contribution >= 0.6 is 0 Å². The molecule has 0 saturated heterocycles. The predicted molar refractivity (Wildman–Crippen MR) is 108 cm³/mol. The number of hydrogen-bond donors (Lipinski definition) is 3. The number of imidazole rings is 1. The first-order valence-corrected chi connectivity index (χ1v) is 9.53. The van der Waals surface area contributed by atoms with E-state index in [1.54, 1.807) is 16.9 Å². The SMILES string of the molecule is COC(O)c1ccccc1[C@H]1C[C@@H]1c1cc(-c2c[nH]c(=O)[nH]c2=O)nn2ccnc12. The number of ether oxygens (including phenoxy) is 1. The quantitative estimate of drug-likeness (QED) is 0.434. The van der Waals surface area contributed by atoms with Crippen molar-refractivity contribution in [1.82, 2.24) is 24.6 Å². The van der Waals surface area contributed by atoms with Gasteiger partial charge >= 0.3 is 5.69 Å². The Labute approximate surface area is 170 Å². The van der Waals surface area contributed by atoms with E-state index < -0.39 is 17.5 Å². The number of benzene rings is 1. The Morgan fingerprint density at radius 1 is 1.23 bits per heavy atom. The van der Waals surface area contributed by atoms with Crippen molar-refractivity contribution in [2.75, 3.05) is 7.11 Å². The number of hydrogen-bond acceptors (Lipinski definition) is 6. The molecule has 5 rings (SSSR count). The number of H-pyrrole nitrogens is 2. The van der Waals surface area contributed by atoms with Crippen molar-refractivity contribution in [2.24, 2.45) is 0 Å². The van der Waals surface area contributed by atoms with E-state index >= 15 is 0 Å². The first kappa shape index (κ1) is 18.5. The highest BCUT2D eigenvalue weighted by molar-refractivity contribution is 5.63. The molecule has 1 aromatic carbocycles. The molecule has 0 aliphatic heterocycles. The summed E-state index contributed by atoms with van der Waals surface area (Å²) in [6.45, 7) is 0. The zero-order valence-corrected chi connectivity index (χ0v) is 16.1. The Balaban J connectivity index is 1.59. The molecule has 1 aliphatic rings. The summed E-state index contributed by atoms with van der Waals surface area (Å²) in [5.74, 6) is 0.347. The fourth-order valence-corrected chi connectivity index (χ4v) is 4.03. The van der Waals surface area contributed by atoms with Gasteiger partial charge in [-0.05, 0) is 29.9 Å². The molecule has 4 aromatic rings. The van der Waals surface area contributed by atoms with Crippen molar-refractivity contribution in [3.05, 3.63) is 86.5 Å². The van der Waals surface area contributed by atoms with Crippen molar-refractivity contribution < 1.29 is 9.84 Å². The Hall–Kier alpha value is -3.56. The third-order valence-corrected chi connectivity index (χ3v) is 5.56. The van der Waals surface area contributed by atoms with E-state index in [0.717, 1.165) is 28.8 Å². The highest BCUT2D eigenvalue weighted by Gasteiger charge is 2.43.